The summed E-state index contributed by atoms with van der Waals surface area (Å²) in [5, 5.41) is 0.542. The van der Waals surface area contributed by atoms with Crippen molar-refractivity contribution in [1.29, 1.82) is 0 Å². The molecule has 0 bridgehead atoms. The molecule has 4 rings (SSSR count). The summed E-state index contributed by atoms with van der Waals surface area (Å²) in [6, 6.07) is 5.99. The van der Waals surface area contributed by atoms with Gasteiger partial charge in [0.1, 0.15) is 18.1 Å². The van der Waals surface area contributed by atoms with E-state index in [0.29, 0.717) is 10.6 Å². The fourth-order valence-corrected chi connectivity index (χ4v) is 6.21. The molecule has 1 aromatic carbocycles. The Morgan fingerprint density at radius 2 is 2.07 bits per heavy atom. The van der Waals surface area contributed by atoms with Crippen LogP contribution in [0.4, 0.5) is 0 Å². The van der Waals surface area contributed by atoms with E-state index in [2.05, 4.69) is 13.0 Å². The molecule has 0 spiro atoms. The van der Waals surface area contributed by atoms with E-state index in [-0.39, 0.29) is 35.2 Å². The SMILES string of the molecule is COc1ccc2c(c1)C(Cl)=C(C=O)C1C2CC[C@@]2(C)C1CC[C@@H]2OC(C)=O. The first-order chi connectivity index (χ1) is 12.9. The lowest BCUT2D eigenvalue weighted by atomic mass is 9.55. The van der Waals surface area contributed by atoms with Gasteiger partial charge in [0.15, 0.2) is 0 Å². The van der Waals surface area contributed by atoms with Crippen molar-refractivity contribution in [3.8, 4) is 5.75 Å². The van der Waals surface area contributed by atoms with Gasteiger partial charge >= 0.3 is 5.97 Å². The maximum Gasteiger partial charge on any atom is 0.302 e. The highest BCUT2D eigenvalue weighted by Crippen LogP contribution is 2.63. The van der Waals surface area contributed by atoms with Crippen LogP contribution < -0.4 is 4.74 Å². The molecule has 3 aliphatic rings. The molecular weight excluding hydrogens is 364 g/mol. The van der Waals surface area contributed by atoms with Crippen molar-refractivity contribution in [1.82, 2.24) is 0 Å². The van der Waals surface area contributed by atoms with E-state index in [4.69, 9.17) is 21.1 Å². The first-order valence-corrected chi connectivity index (χ1v) is 9.99. The quantitative estimate of drug-likeness (QED) is 0.556. The molecule has 0 saturated heterocycles. The number of benzene rings is 1. The fourth-order valence-electron chi connectivity index (χ4n) is 5.88. The molecule has 2 saturated carbocycles. The highest BCUT2D eigenvalue weighted by Gasteiger charge is 2.57. The Hall–Kier alpha value is -1.81. The molecule has 3 aliphatic carbocycles. The lowest BCUT2D eigenvalue weighted by Crippen LogP contribution is -2.45. The number of halogens is 1. The van der Waals surface area contributed by atoms with E-state index >= 15 is 0 Å². The van der Waals surface area contributed by atoms with Crippen LogP contribution in [0.3, 0.4) is 0 Å². The Morgan fingerprint density at radius 3 is 2.74 bits per heavy atom. The van der Waals surface area contributed by atoms with E-state index < -0.39 is 0 Å². The van der Waals surface area contributed by atoms with Crippen LogP contribution in [0.15, 0.2) is 23.8 Å². The molecule has 3 unspecified atom stereocenters. The van der Waals surface area contributed by atoms with Crippen LogP contribution in [-0.4, -0.2) is 25.5 Å². The molecule has 5 heteroatoms. The van der Waals surface area contributed by atoms with Crippen LogP contribution in [0, 0.1) is 17.3 Å². The third-order valence-corrected chi connectivity index (χ3v) is 7.55. The highest BCUT2D eigenvalue weighted by atomic mass is 35.5. The van der Waals surface area contributed by atoms with Gasteiger partial charge in [-0.3, -0.25) is 9.59 Å². The summed E-state index contributed by atoms with van der Waals surface area (Å²) in [6.45, 7) is 3.69. The second-order valence-electron chi connectivity index (χ2n) is 8.30. The van der Waals surface area contributed by atoms with Gasteiger partial charge in [0, 0.05) is 23.5 Å². The summed E-state index contributed by atoms with van der Waals surface area (Å²) in [4.78, 5) is 23.7. The normalized spacial score (nSPS) is 34.4. The number of carbonyl (C=O) groups is 2. The van der Waals surface area contributed by atoms with Crippen molar-refractivity contribution in [2.45, 2.75) is 51.6 Å². The Labute approximate surface area is 164 Å². The zero-order valence-corrected chi connectivity index (χ0v) is 16.7. The molecule has 1 aromatic rings. The number of allylic oxidation sites excluding steroid dienone is 1. The Bertz CT molecular complexity index is 830. The van der Waals surface area contributed by atoms with E-state index in [1.807, 2.05) is 12.1 Å². The highest BCUT2D eigenvalue weighted by molar-refractivity contribution is 6.51. The van der Waals surface area contributed by atoms with E-state index in [1.54, 1.807) is 7.11 Å². The van der Waals surface area contributed by atoms with Crippen LogP contribution in [0.5, 0.6) is 5.75 Å². The molecule has 2 fully saturated rings. The number of ether oxygens (including phenoxy) is 2. The molecule has 0 amide bonds. The molecular formula is C22H25ClO4. The number of carbonyl (C=O) groups excluding carboxylic acids is 2. The lowest BCUT2D eigenvalue weighted by Gasteiger charge is -2.50. The van der Waals surface area contributed by atoms with Gasteiger partial charge in [0.05, 0.1) is 12.1 Å². The fraction of sp³-hybridized carbons (Fsp3) is 0.545. The van der Waals surface area contributed by atoms with Gasteiger partial charge < -0.3 is 9.47 Å². The van der Waals surface area contributed by atoms with Gasteiger partial charge in [0.25, 0.3) is 0 Å². The van der Waals surface area contributed by atoms with E-state index in [0.717, 1.165) is 43.3 Å². The average molecular weight is 389 g/mol. The minimum atomic E-state index is -0.228. The molecule has 144 valence electrons. The van der Waals surface area contributed by atoms with Crippen molar-refractivity contribution >= 4 is 28.9 Å². The van der Waals surface area contributed by atoms with Crippen LogP contribution in [0.2, 0.25) is 0 Å². The first kappa shape index (κ1) is 18.5. The van der Waals surface area contributed by atoms with Crippen molar-refractivity contribution in [2.75, 3.05) is 7.11 Å². The number of hydrogen-bond acceptors (Lipinski definition) is 4. The predicted molar refractivity (Wildman–Crippen MR) is 104 cm³/mol. The molecule has 0 radical (unpaired) electrons. The lowest BCUT2D eigenvalue weighted by molar-refractivity contribution is -0.154. The Balaban J connectivity index is 1.79. The molecule has 0 heterocycles. The van der Waals surface area contributed by atoms with Gasteiger partial charge in [0.2, 0.25) is 0 Å². The van der Waals surface area contributed by atoms with Crippen LogP contribution in [0.1, 0.15) is 56.6 Å². The van der Waals surface area contributed by atoms with E-state index in [9.17, 15) is 9.59 Å². The van der Waals surface area contributed by atoms with Crippen LogP contribution in [-0.2, 0) is 14.3 Å². The number of fused-ring (bicyclic) bond motifs is 5. The number of methoxy groups -OCH3 is 1. The summed E-state index contributed by atoms with van der Waals surface area (Å²) in [5.74, 6) is 1.14. The minimum absolute atomic E-state index is 0.0788. The van der Waals surface area contributed by atoms with Gasteiger partial charge in [-0.1, -0.05) is 24.6 Å². The van der Waals surface area contributed by atoms with Gasteiger partial charge in [-0.25, -0.2) is 0 Å². The molecule has 0 N–H and O–H groups in total. The first-order valence-electron chi connectivity index (χ1n) is 9.61. The van der Waals surface area contributed by atoms with Crippen molar-refractivity contribution < 1.29 is 19.1 Å². The minimum Gasteiger partial charge on any atom is -0.497 e. The number of hydrogen-bond donors (Lipinski definition) is 0. The summed E-state index contributed by atoms with van der Waals surface area (Å²) < 4.78 is 11.0. The number of aldehydes is 1. The maximum absolute atomic E-state index is 12.1. The molecule has 5 atom stereocenters. The van der Waals surface area contributed by atoms with Gasteiger partial charge in [-0.05, 0) is 61.1 Å². The molecule has 0 aromatic heterocycles. The summed E-state index contributed by atoms with van der Waals surface area (Å²) >= 11 is 6.73. The zero-order valence-electron chi connectivity index (χ0n) is 16.0. The van der Waals surface area contributed by atoms with Crippen LogP contribution in [0.25, 0.3) is 5.03 Å². The Morgan fingerprint density at radius 1 is 1.30 bits per heavy atom. The third kappa shape index (κ3) is 2.72. The predicted octanol–water partition coefficient (Wildman–Crippen LogP) is 4.70. The Kier molecular flexibility index (Phi) is 4.58. The smallest absolute Gasteiger partial charge is 0.302 e. The average Bonchev–Trinajstić information content (AvgIpc) is 2.97. The maximum atomic E-state index is 12.1. The second kappa shape index (κ2) is 6.66. The number of esters is 1. The molecule has 0 aliphatic heterocycles. The van der Waals surface area contributed by atoms with Gasteiger partial charge in [-0.2, -0.15) is 0 Å². The zero-order chi connectivity index (χ0) is 19.3. The molecule has 27 heavy (non-hydrogen) atoms. The van der Waals surface area contributed by atoms with Crippen molar-refractivity contribution in [2.24, 2.45) is 17.3 Å². The van der Waals surface area contributed by atoms with E-state index in [1.165, 1.54) is 12.5 Å². The van der Waals surface area contributed by atoms with Crippen molar-refractivity contribution in [3.05, 3.63) is 34.9 Å². The standard InChI is InChI=1S/C22H25ClO4/c1-12(25)27-19-7-6-18-20-15(8-9-22(18,19)2)14-5-4-13(26-3)10-16(14)21(23)17(20)11-24/h4-5,10-11,15,18-20H,6-9H2,1-3H3/t15?,18?,19-,20?,22-/m0/s1. The monoisotopic (exact) mass is 388 g/mol. The van der Waals surface area contributed by atoms with Crippen molar-refractivity contribution in [3.63, 3.8) is 0 Å². The second-order valence-corrected chi connectivity index (χ2v) is 8.68. The third-order valence-electron chi connectivity index (χ3n) is 7.13. The van der Waals surface area contributed by atoms with Gasteiger partial charge in [-0.15, -0.1) is 0 Å². The van der Waals surface area contributed by atoms with Crippen LogP contribution >= 0.6 is 11.6 Å². The largest absolute Gasteiger partial charge is 0.497 e. The summed E-state index contributed by atoms with van der Waals surface area (Å²) in [7, 11) is 1.63. The molecule has 4 nitrogen and oxygen atoms in total. The topological polar surface area (TPSA) is 52.6 Å². The summed E-state index contributed by atoms with van der Waals surface area (Å²) in [5.41, 5.74) is 2.70. The number of rotatable bonds is 3. The summed E-state index contributed by atoms with van der Waals surface area (Å²) in [6.07, 6.45) is 4.59.